The maximum Gasteiger partial charge on any atom is 0.225 e. The number of hydrogen-bond acceptors (Lipinski definition) is 6. The van der Waals surface area contributed by atoms with Crippen molar-refractivity contribution >= 4 is 18.1 Å². The van der Waals surface area contributed by atoms with Gasteiger partial charge in [-0.25, -0.2) is 4.68 Å². The third kappa shape index (κ3) is 5.21. The fourth-order valence-electron chi connectivity index (χ4n) is 5.18. The lowest BCUT2D eigenvalue weighted by Gasteiger charge is -2.35. The van der Waals surface area contributed by atoms with Gasteiger partial charge in [-0.05, 0) is 63.1 Å². The van der Waals surface area contributed by atoms with E-state index in [-0.39, 0.29) is 5.92 Å². The van der Waals surface area contributed by atoms with Crippen molar-refractivity contribution in [3.8, 4) is 5.69 Å². The van der Waals surface area contributed by atoms with Crippen molar-refractivity contribution in [2.24, 2.45) is 5.92 Å². The second-order valence-corrected chi connectivity index (χ2v) is 9.69. The van der Waals surface area contributed by atoms with Gasteiger partial charge in [0.15, 0.2) is 5.82 Å². The molecule has 0 saturated carbocycles. The van der Waals surface area contributed by atoms with Gasteiger partial charge in [-0.3, -0.25) is 19.2 Å². The van der Waals surface area contributed by atoms with Gasteiger partial charge in [0.05, 0.1) is 26.4 Å². The molecule has 1 aromatic carbocycles. The molecule has 9 heteroatoms. The van der Waals surface area contributed by atoms with E-state index in [1.165, 1.54) is 12.8 Å². The second-order valence-electron chi connectivity index (χ2n) is 9.32. The van der Waals surface area contributed by atoms with Crippen LogP contribution in [0.1, 0.15) is 31.5 Å². The molecule has 3 fully saturated rings. The summed E-state index contributed by atoms with van der Waals surface area (Å²) in [4.78, 5) is 19.7. The van der Waals surface area contributed by atoms with Gasteiger partial charge in [0.2, 0.25) is 10.7 Å². The van der Waals surface area contributed by atoms with Crippen LogP contribution in [-0.4, -0.2) is 87.4 Å². The van der Waals surface area contributed by atoms with E-state index in [1.54, 1.807) is 0 Å². The Morgan fingerprint density at radius 3 is 2.36 bits per heavy atom. The molecule has 4 heterocycles. The molecule has 3 saturated heterocycles. The topological polar surface area (TPSA) is 58.8 Å². The molecule has 33 heavy (non-hydrogen) atoms. The molecule has 0 bridgehead atoms. The predicted molar refractivity (Wildman–Crippen MR) is 129 cm³/mol. The molecule has 178 valence electrons. The predicted octanol–water partition coefficient (Wildman–Crippen LogP) is 2.53. The average Bonchev–Trinajstić information content (AvgIpc) is 3.48. The third-order valence-corrected chi connectivity index (χ3v) is 7.47. The monoisotopic (exact) mass is 470 g/mol. The van der Waals surface area contributed by atoms with Gasteiger partial charge in [-0.15, -0.1) is 0 Å². The first kappa shape index (κ1) is 22.7. The van der Waals surface area contributed by atoms with Crippen molar-refractivity contribution in [1.82, 2.24) is 29.0 Å². The Hall–Kier alpha value is -2.07. The summed E-state index contributed by atoms with van der Waals surface area (Å²) in [5.74, 6) is 1.43. The Labute approximate surface area is 200 Å². The highest BCUT2D eigenvalue weighted by molar-refractivity contribution is 7.71. The number of nitrogens with zero attached hydrogens (tertiary/aromatic N) is 6. The number of aromatic nitrogens is 3. The second kappa shape index (κ2) is 10.5. The lowest BCUT2D eigenvalue weighted by Crippen LogP contribution is -2.47. The third-order valence-electron chi connectivity index (χ3n) is 7.08. The molecule has 0 spiro atoms. The first-order chi connectivity index (χ1) is 16.2. The van der Waals surface area contributed by atoms with Crippen LogP contribution in [0.15, 0.2) is 30.3 Å². The Bertz CT molecular complexity index is 986. The maximum atomic E-state index is 12.9. The van der Waals surface area contributed by atoms with Gasteiger partial charge in [0, 0.05) is 37.8 Å². The number of benzene rings is 1. The Kier molecular flexibility index (Phi) is 7.20. The Morgan fingerprint density at radius 2 is 1.67 bits per heavy atom. The van der Waals surface area contributed by atoms with E-state index in [4.69, 9.17) is 22.1 Å². The van der Waals surface area contributed by atoms with Crippen LogP contribution >= 0.6 is 12.2 Å². The van der Waals surface area contributed by atoms with Crippen molar-refractivity contribution in [2.75, 3.05) is 52.5 Å². The Morgan fingerprint density at radius 1 is 0.970 bits per heavy atom. The number of ether oxygens (including phenoxy) is 1. The van der Waals surface area contributed by atoms with E-state index >= 15 is 0 Å². The van der Waals surface area contributed by atoms with Gasteiger partial charge in [0.1, 0.15) is 0 Å². The molecule has 2 aromatic rings. The highest BCUT2D eigenvalue weighted by Gasteiger charge is 2.30. The number of morpholine rings is 1. The highest BCUT2D eigenvalue weighted by atomic mass is 32.1. The molecule has 0 aliphatic carbocycles. The first-order valence-corrected chi connectivity index (χ1v) is 12.7. The smallest absolute Gasteiger partial charge is 0.225 e. The molecule has 8 nitrogen and oxygen atoms in total. The largest absolute Gasteiger partial charge is 0.378 e. The minimum absolute atomic E-state index is 0.125. The van der Waals surface area contributed by atoms with Gasteiger partial charge in [-0.2, -0.15) is 5.10 Å². The van der Waals surface area contributed by atoms with Gasteiger partial charge in [0.25, 0.3) is 0 Å². The molecule has 0 N–H and O–H groups in total. The van der Waals surface area contributed by atoms with Gasteiger partial charge in [-0.1, -0.05) is 18.2 Å². The molecule has 0 radical (unpaired) electrons. The normalized spacial score (nSPS) is 21.0. The fourth-order valence-corrected chi connectivity index (χ4v) is 5.49. The van der Waals surface area contributed by atoms with Crippen molar-refractivity contribution in [1.29, 1.82) is 0 Å². The number of amides is 1. The molecular formula is C24H34N6O2S. The van der Waals surface area contributed by atoms with Crippen LogP contribution in [0.5, 0.6) is 0 Å². The van der Waals surface area contributed by atoms with E-state index in [0.717, 1.165) is 74.9 Å². The van der Waals surface area contributed by atoms with Gasteiger partial charge >= 0.3 is 0 Å². The summed E-state index contributed by atoms with van der Waals surface area (Å²) in [5, 5.41) is 4.97. The highest BCUT2D eigenvalue weighted by Crippen LogP contribution is 2.22. The summed E-state index contributed by atoms with van der Waals surface area (Å²) in [5.41, 5.74) is 1.07. The number of para-hydroxylation sites is 1. The lowest BCUT2D eigenvalue weighted by molar-refractivity contribution is -0.141. The van der Waals surface area contributed by atoms with E-state index < -0.39 is 0 Å². The van der Waals surface area contributed by atoms with Crippen molar-refractivity contribution in [3.63, 3.8) is 0 Å². The van der Waals surface area contributed by atoms with Crippen LogP contribution in [0.2, 0.25) is 0 Å². The SMILES string of the molecule is O=C(C1CCN(Cn2nc(CN3CCCC3)n(-c3ccccc3)c2=S)CC1)N1CCOCC1. The summed E-state index contributed by atoms with van der Waals surface area (Å²) in [7, 11) is 0. The van der Waals surface area contributed by atoms with Crippen molar-refractivity contribution < 1.29 is 9.53 Å². The number of rotatable bonds is 6. The quantitative estimate of drug-likeness (QED) is 0.605. The summed E-state index contributed by atoms with van der Waals surface area (Å²) >= 11 is 5.90. The zero-order valence-electron chi connectivity index (χ0n) is 19.3. The molecule has 0 unspecified atom stereocenters. The molecule has 3 aliphatic rings. The molecule has 3 aliphatic heterocycles. The molecule has 5 rings (SSSR count). The van der Waals surface area contributed by atoms with Crippen LogP contribution in [0.3, 0.4) is 0 Å². The standard InChI is InChI=1S/C24H34N6O2S/c31-23(28-14-16-32-17-15-28)20-8-12-27(13-9-20)19-29-24(33)30(21-6-2-1-3-7-21)22(25-29)18-26-10-4-5-11-26/h1-3,6-7,20H,4-5,8-19H2. The number of piperidine rings is 1. The Balaban J connectivity index is 1.27. The van der Waals surface area contributed by atoms with E-state index in [9.17, 15) is 4.79 Å². The molecule has 1 amide bonds. The number of likely N-dealkylation sites (tertiary alicyclic amines) is 2. The first-order valence-electron chi connectivity index (χ1n) is 12.2. The fraction of sp³-hybridized carbons (Fsp3) is 0.625. The summed E-state index contributed by atoms with van der Waals surface area (Å²) < 4.78 is 10.2. The molecular weight excluding hydrogens is 436 g/mol. The number of carbonyl (C=O) groups is 1. The van der Waals surface area contributed by atoms with Crippen molar-refractivity contribution in [3.05, 3.63) is 40.9 Å². The van der Waals surface area contributed by atoms with Crippen LogP contribution in [0.4, 0.5) is 0 Å². The minimum Gasteiger partial charge on any atom is -0.378 e. The van der Waals surface area contributed by atoms with Crippen molar-refractivity contribution in [2.45, 2.75) is 38.9 Å². The molecule has 0 atom stereocenters. The summed E-state index contributed by atoms with van der Waals surface area (Å²) in [6.07, 6.45) is 4.29. The minimum atomic E-state index is 0.125. The summed E-state index contributed by atoms with van der Waals surface area (Å²) in [6, 6.07) is 10.3. The van der Waals surface area contributed by atoms with Crippen LogP contribution in [0, 0.1) is 10.7 Å². The number of carbonyl (C=O) groups excluding carboxylic acids is 1. The van der Waals surface area contributed by atoms with Crippen LogP contribution in [-0.2, 0) is 22.7 Å². The zero-order chi connectivity index (χ0) is 22.6. The lowest BCUT2D eigenvalue weighted by atomic mass is 9.95. The zero-order valence-corrected chi connectivity index (χ0v) is 20.1. The molecule has 1 aromatic heterocycles. The van der Waals surface area contributed by atoms with Crippen LogP contribution < -0.4 is 0 Å². The summed E-state index contributed by atoms with van der Waals surface area (Å²) in [6.45, 7) is 8.30. The maximum absolute atomic E-state index is 12.9. The van der Waals surface area contributed by atoms with E-state index in [1.807, 2.05) is 27.8 Å². The average molecular weight is 471 g/mol. The van der Waals surface area contributed by atoms with Crippen LogP contribution in [0.25, 0.3) is 5.69 Å². The van der Waals surface area contributed by atoms with Gasteiger partial charge < -0.3 is 9.64 Å². The number of hydrogen-bond donors (Lipinski definition) is 0. The van der Waals surface area contributed by atoms with E-state index in [2.05, 4.69) is 26.5 Å². The van der Waals surface area contributed by atoms with E-state index in [0.29, 0.717) is 25.8 Å².